The number of nitriles is 1. The number of hydrogen-bond acceptors (Lipinski definition) is 4. The van der Waals surface area contributed by atoms with Gasteiger partial charge in [0.15, 0.2) is 0 Å². The van der Waals surface area contributed by atoms with Gasteiger partial charge in [-0.25, -0.2) is 4.79 Å². The van der Waals surface area contributed by atoms with Crippen molar-refractivity contribution >= 4 is 11.5 Å². The van der Waals surface area contributed by atoms with Gasteiger partial charge in [0.2, 0.25) is 0 Å². The Morgan fingerprint density at radius 3 is 2.48 bits per heavy atom. The van der Waals surface area contributed by atoms with Crippen molar-refractivity contribution in [2.75, 3.05) is 0 Å². The average Bonchev–Trinajstić information content (AvgIpc) is 2.73. The molecule has 0 unspecified atom stereocenters. The van der Waals surface area contributed by atoms with Gasteiger partial charge in [0, 0.05) is 5.57 Å². The third kappa shape index (κ3) is 5.26. The molecule has 2 N–H and O–H groups in total. The summed E-state index contributed by atoms with van der Waals surface area (Å²) in [5.41, 5.74) is 5.26. The fourth-order valence-corrected chi connectivity index (χ4v) is 2.72. The van der Waals surface area contributed by atoms with E-state index in [-0.39, 0.29) is 11.3 Å². The smallest absolute Gasteiger partial charge is 0.339 e. The first-order valence-electron chi connectivity index (χ1n) is 8.83. The molecule has 2 aromatic carbocycles. The fraction of sp³-hybridized carbons (Fsp3) is 0.125. The molecule has 2 aromatic rings. The van der Waals surface area contributed by atoms with Crippen LogP contribution in [0.15, 0.2) is 78.3 Å². The Hall–Kier alpha value is -4.00. The Balaban J connectivity index is 2.44. The minimum absolute atomic E-state index is 0.292. The molecule has 5 nitrogen and oxygen atoms in total. The van der Waals surface area contributed by atoms with E-state index in [1.807, 2.05) is 30.3 Å². The van der Waals surface area contributed by atoms with Crippen LogP contribution in [0.25, 0.3) is 5.57 Å². The molecule has 0 amide bonds. The summed E-state index contributed by atoms with van der Waals surface area (Å²) >= 11 is 0. The molecule has 5 heteroatoms. The first-order valence-corrected chi connectivity index (χ1v) is 8.83. The van der Waals surface area contributed by atoms with Gasteiger partial charge in [-0.3, -0.25) is 0 Å². The molecule has 0 heterocycles. The zero-order chi connectivity index (χ0) is 21.4. The highest BCUT2D eigenvalue weighted by Crippen LogP contribution is 2.30. The number of benzene rings is 2. The molecular formula is C24H21NO4. The van der Waals surface area contributed by atoms with Crippen molar-refractivity contribution in [3.8, 4) is 11.8 Å². The zero-order valence-electron chi connectivity index (χ0n) is 16.3. The molecule has 0 atom stereocenters. The fourth-order valence-electron chi connectivity index (χ4n) is 2.72. The van der Waals surface area contributed by atoms with E-state index in [0.29, 0.717) is 34.6 Å². The Kier molecular flexibility index (Phi) is 7.20. The number of ether oxygens (including phenoxy) is 1. The van der Waals surface area contributed by atoms with Crippen molar-refractivity contribution in [1.29, 1.82) is 5.26 Å². The molecule has 29 heavy (non-hydrogen) atoms. The Bertz CT molecular complexity index is 1070. The predicted molar refractivity (Wildman–Crippen MR) is 111 cm³/mol. The molecule has 0 aliphatic heterocycles. The van der Waals surface area contributed by atoms with Gasteiger partial charge in [-0.15, -0.1) is 5.73 Å². The maximum atomic E-state index is 11.4. The molecular weight excluding hydrogens is 366 g/mol. The Morgan fingerprint density at radius 2 is 1.93 bits per heavy atom. The summed E-state index contributed by atoms with van der Waals surface area (Å²) < 4.78 is 5.86. The van der Waals surface area contributed by atoms with Gasteiger partial charge in [-0.05, 0) is 54.8 Å². The largest absolute Gasteiger partial charge is 0.507 e. The van der Waals surface area contributed by atoms with Crippen molar-refractivity contribution in [3.63, 3.8) is 0 Å². The molecule has 0 fully saturated rings. The number of carboxylic acids is 1. The topological polar surface area (TPSA) is 90.6 Å². The monoisotopic (exact) mass is 387 g/mol. The number of carboxylic acid groups (broad SMARTS) is 1. The number of allylic oxidation sites excluding steroid dienone is 3. The van der Waals surface area contributed by atoms with Crippen molar-refractivity contribution < 1.29 is 19.7 Å². The number of carbonyl (C=O) groups is 1. The van der Waals surface area contributed by atoms with Crippen LogP contribution in [0, 0.1) is 18.3 Å². The Labute approximate surface area is 169 Å². The lowest BCUT2D eigenvalue weighted by Crippen LogP contribution is -2.04. The van der Waals surface area contributed by atoms with Crippen LogP contribution in [0.5, 0.6) is 5.75 Å². The van der Waals surface area contributed by atoms with E-state index in [4.69, 9.17) is 4.74 Å². The highest BCUT2D eigenvalue weighted by Gasteiger charge is 2.16. The van der Waals surface area contributed by atoms with Crippen LogP contribution >= 0.6 is 0 Å². The lowest BCUT2D eigenvalue weighted by molar-refractivity contribution is -0.132. The normalized spacial score (nSPS) is 11.3. The van der Waals surface area contributed by atoms with Gasteiger partial charge >= 0.3 is 5.97 Å². The summed E-state index contributed by atoms with van der Waals surface area (Å²) in [7, 11) is 0. The number of aliphatic hydroxyl groups excluding tert-OH is 1. The quantitative estimate of drug-likeness (QED) is 0.299. The molecule has 0 aromatic heterocycles. The summed E-state index contributed by atoms with van der Waals surface area (Å²) in [5.74, 6) is -1.19. The van der Waals surface area contributed by atoms with E-state index in [2.05, 4.69) is 18.4 Å². The van der Waals surface area contributed by atoms with Gasteiger partial charge in [-0.2, -0.15) is 5.26 Å². The number of rotatable bonds is 7. The second-order valence-corrected chi connectivity index (χ2v) is 6.18. The lowest BCUT2D eigenvalue weighted by atomic mass is 9.98. The third-order valence-corrected chi connectivity index (χ3v) is 4.19. The molecule has 0 saturated heterocycles. The van der Waals surface area contributed by atoms with Gasteiger partial charge in [0.1, 0.15) is 29.8 Å². The highest BCUT2D eigenvalue weighted by molar-refractivity contribution is 5.95. The number of hydrogen-bond donors (Lipinski definition) is 2. The summed E-state index contributed by atoms with van der Waals surface area (Å²) in [6.07, 6.45) is 2.55. The first-order chi connectivity index (χ1) is 13.9. The standard InChI is InChI=1S/C24H21NO4/c1-4-18(13-21(24(27)28)22(26)5-2)19-11-16(3)23(20(12-19)14-25)29-15-17-9-7-6-8-10-17/h5-13,26H,1,15H2,2-3H3,(H,27,28)/b21-13+,22-5+. The van der Waals surface area contributed by atoms with Gasteiger partial charge in [0.25, 0.3) is 0 Å². The second-order valence-electron chi connectivity index (χ2n) is 6.18. The molecule has 0 radical (unpaired) electrons. The summed E-state index contributed by atoms with van der Waals surface area (Å²) in [4.78, 5) is 11.4. The van der Waals surface area contributed by atoms with E-state index in [1.54, 1.807) is 19.1 Å². The molecule has 0 aliphatic rings. The van der Waals surface area contributed by atoms with E-state index in [9.17, 15) is 20.3 Å². The molecule has 0 bridgehead atoms. The molecule has 0 saturated carbocycles. The molecule has 0 aliphatic carbocycles. The highest BCUT2D eigenvalue weighted by atomic mass is 16.5. The van der Waals surface area contributed by atoms with E-state index in [0.717, 1.165) is 5.56 Å². The lowest BCUT2D eigenvalue weighted by Gasteiger charge is -2.13. The molecule has 2 rings (SSSR count). The third-order valence-electron chi connectivity index (χ3n) is 4.19. The minimum atomic E-state index is -1.28. The summed E-state index contributed by atoms with van der Waals surface area (Å²) in [6.45, 7) is 7.25. The van der Waals surface area contributed by atoms with Crippen molar-refractivity contribution in [2.24, 2.45) is 0 Å². The number of aryl methyl sites for hydroxylation is 1. The van der Waals surface area contributed by atoms with Gasteiger partial charge in [0.05, 0.1) is 5.56 Å². The van der Waals surface area contributed by atoms with Crippen LogP contribution in [-0.2, 0) is 11.4 Å². The molecule has 0 spiro atoms. The van der Waals surface area contributed by atoms with Crippen LogP contribution < -0.4 is 4.74 Å². The van der Waals surface area contributed by atoms with Gasteiger partial charge in [-0.1, -0.05) is 36.9 Å². The Morgan fingerprint density at radius 1 is 1.24 bits per heavy atom. The van der Waals surface area contributed by atoms with E-state index < -0.39 is 5.97 Å². The zero-order valence-corrected chi connectivity index (χ0v) is 16.3. The average molecular weight is 387 g/mol. The predicted octanol–water partition coefficient (Wildman–Crippen LogP) is 5.09. The van der Waals surface area contributed by atoms with Crippen LogP contribution in [-0.4, -0.2) is 16.2 Å². The minimum Gasteiger partial charge on any atom is -0.507 e. The van der Waals surface area contributed by atoms with Crippen LogP contribution in [0.3, 0.4) is 0 Å². The van der Waals surface area contributed by atoms with E-state index >= 15 is 0 Å². The maximum Gasteiger partial charge on any atom is 0.339 e. The van der Waals surface area contributed by atoms with Crippen LogP contribution in [0.2, 0.25) is 0 Å². The molecule has 146 valence electrons. The van der Waals surface area contributed by atoms with Crippen molar-refractivity contribution in [3.05, 3.63) is 101 Å². The number of aliphatic carboxylic acids is 1. The number of aliphatic hydroxyl groups is 1. The summed E-state index contributed by atoms with van der Waals surface area (Å²) in [6, 6.07) is 15.1. The van der Waals surface area contributed by atoms with E-state index in [1.165, 1.54) is 19.1 Å². The maximum absolute atomic E-state index is 11.4. The van der Waals surface area contributed by atoms with Crippen LogP contribution in [0.4, 0.5) is 0 Å². The SMILES string of the molecule is C=C=C(/C=C(C(=O)O)\C(O)=C/C)c1cc(C)c(OCc2ccccc2)c(C#N)c1. The first kappa shape index (κ1) is 21.3. The second kappa shape index (κ2) is 9.80. The van der Waals surface area contributed by atoms with Gasteiger partial charge < -0.3 is 14.9 Å². The summed E-state index contributed by atoms with van der Waals surface area (Å²) in [5, 5.41) is 28.8. The van der Waals surface area contributed by atoms with Crippen molar-refractivity contribution in [1.82, 2.24) is 0 Å². The van der Waals surface area contributed by atoms with Crippen LogP contribution in [0.1, 0.15) is 29.2 Å². The number of nitrogens with zero attached hydrogens (tertiary/aromatic N) is 1. The van der Waals surface area contributed by atoms with Crippen molar-refractivity contribution in [2.45, 2.75) is 20.5 Å².